The summed E-state index contributed by atoms with van der Waals surface area (Å²) in [5, 5.41) is 7.77. The predicted octanol–water partition coefficient (Wildman–Crippen LogP) is 2.70. The minimum atomic E-state index is -1.02. The summed E-state index contributed by atoms with van der Waals surface area (Å²) >= 11 is 0. The first-order chi connectivity index (χ1) is 18.2. The van der Waals surface area contributed by atoms with Gasteiger partial charge in [-0.15, -0.1) is 6.58 Å². The molecular formula is C28H41N3O7. The molecule has 10 heteroatoms. The summed E-state index contributed by atoms with van der Waals surface area (Å²) in [4.78, 5) is 62.1. The Morgan fingerprint density at radius 1 is 0.895 bits per heavy atom. The van der Waals surface area contributed by atoms with Crippen molar-refractivity contribution in [2.45, 2.75) is 89.9 Å². The van der Waals surface area contributed by atoms with E-state index in [2.05, 4.69) is 34.2 Å². The maximum absolute atomic E-state index is 12.8. The van der Waals surface area contributed by atoms with Crippen molar-refractivity contribution in [2.24, 2.45) is 0 Å². The van der Waals surface area contributed by atoms with Crippen LogP contribution in [0.25, 0.3) is 0 Å². The zero-order chi connectivity index (χ0) is 28.3. The van der Waals surface area contributed by atoms with Gasteiger partial charge in [0.1, 0.15) is 24.7 Å². The number of esters is 2. The first-order valence-corrected chi connectivity index (χ1v) is 13.0. The largest absolute Gasteiger partial charge is 0.467 e. The summed E-state index contributed by atoms with van der Waals surface area (Å²) in [5.74, 6) is -2.63. The van der Waals surface area contributed by atoms with Gasteiger partial charge in [0.2, 0.25) is 17.7 Å². The molecule has 0 fully saturated rings. The quantitative estimate of drug-likeness (QED) is 0.150. The number of unbranched alkanes of at least 4 members (excludes halogenated alkanes) is 3. The van der Waals surface area contributed by atoms with Crippen LogP contribution in [0, 0.1) is 0 Å². The van der Waals surface area contributed by atoms with Gasteiger partial charge in [0.25, 0.3) is 0 Å². The highest BCUT2D eigenvalue weighted by molar-refractivity contribution is 5.91. The van der Waals surface area contributed by atoms with Crippen molar-refractivity contribution in [3.63, 3.8) is 0 Å². The van der Waals surface area contributed by atoms with Crippen LogP contribution >= 0.6 is 0 Å². The third kappa shape index (κ3) is 13.0. The third-order valence-electron chi connectivity index (χ3n) is 5.73. The Morgan fingerprint density at radius 2 is 1.55 bits per heavy atom. The van der Waals surface area contributed by atoms with Crippen LogP contribution in [0.4, 0.5) is 0 Å². The Balaban J connectivity index is 2.76. The molecule has 0 saturated carbocycles. The minimum Gasteiger partial charge on any atom is -0.467 e. The second kappa shape index (κ2) is 18.5. The van der Waals surface area contributed by atoms with Crippen LogP contribution in [0.1, 0.15) is 70.8 Å². The summed E-state index contributed by atoms with van der Waals surface area (Å²) < 4.78 is 9.99. The number of carbonyl (C=O) groups excluding carboxylic acids is 5. The van der Waals surface area contributed by atoms with Gasteiger partial charge in [0.15, 0.2) is 0 Å². The number of nitrogens with one attached hydrogen (secondary N) is 3. The molecule has 0 bridgehead atoms. The van der Waals surface area contributed by atoms with Crippen molar-refractivity contribution in [3.05, 3.63) is 48.6 Å². The molecule has 38 heavy (non-hydrogen) atoms. The van der Waals surface area contributed by atoms with E-state index in [1.165, 1.54) is 20.1 Å². The van der Waals surface area contributed by atoms with Crippen LogP contribution in [0.15, 0.2) is 43.0 Å². The molecule has 0 aliphatic rings. The van der Waals surface area contributed by atoms with Crippen molar-refractivity contribution in [2.75, 3.05) is 7.11 Å². The molecule has 0 heterocycles. The lowest BCUT2D eigenvalue weighted by Crippen LogP contribution is -2.51. The van der Waals surface area contributed by atoms with Gasteiger partial charge in [-0.2, -0.15) is 0 Å². The van der Waals surface area contributed by atoms with Crippen LogP contribution in [-0.2, 0) is 40.1 Å². The van der Waals surface area contributed by atoms with Gasteiger partial charge in [0.05, 0.1) is 7.11 Å². The van der Waals surface area contributed by atoms with Gasteiger partial charge in [-0.05, 0) is 31.7 Å². The molecule has 0 aliphatic carbocycles. The fourth-order valence-electron chi connectivity index (χ4n) is 3.55. The van der Waals surface area contributed by atoms with Crippen LogP contribution in [0.2, 0.25) is 0 Å². The molecule has 1 aromatic carbocycles. The molecule has 0 unspecified atom stereocenters. The zero-order valence-corrected chi connectivity index (χ0v) is 22.6. The van der Waals surface area contributed by atoms with Gasteiger partial charge in [-0.3, -0.25) is 14.4 Å². The molecule has 0 radical (unpaired) electrons. The highest BCUT2D eigenvalue weighted by atomic mass is 16.5. The van der Waals surface area contributed by atoms with E-state index >= 15 is 0 Å². The van der Waals surface area contributed by atoms with E-state index in [1.807, 2.05) is 30.3 Å². The molecule has 10 nitrogen and oxygen atoms in total. The van der Waals surface area contributed by atoms with Crippen molar-refractivity contribution in [1.29, 1.82) is 0 Å². The van der Waals surface area contributed by atoms with E-state index in [0.29, 0.717) is 6.42 Å². The topological polar surface area (TPSA) is 140 Å². The van der Waals surface area contributed by atoms with Crippen molar-refractivity contribution >= 4 is 29.7 Å². The molecule has 0 spiro atoms. The molecular weight excluding hydrogens is 490 g/mol. The van der Waals surface area contributed by atoms with Crippen LogP contribution < -0.4 is 16.0 Å². The number of ether oxygens (including phenoxy) is 2. The van der Waals surface area contributed by atoms with Gasteiger partial charge in [-0.25, -0.2) is 9.59 Å². The second-order valence-corrected chi connectivity index (χ2v) is 8.96. The number of amides is 3. The Hall–Kier alpha value is -3.69. The fraction of sp³-hybridized carbons (Fsp3) is 0.536. The number of hydrogen-bond donors (Lipinski definition) is 3. The maximum Gasteiger partial charge on any atom is 0.328 e. The number of hydrogen-bond acceptors (Lipinski definition) is 7. The maximum atomic E-state index is 12.8. The first-order valence-electron chi connectivity index (χ1n) is 13.0. The van der Waals surface area contributed by atoms with E-state index in [-0.39, 0.29) is 38.2 Å². The molecule has 3 atom stereocenters. The highest BCUT2D eigenvalue weighted by Crippen LogP contribution is 2.08. The van der Waals surface area contributed by atoms with E-state index in [4.69, 9.17) is 4.74 Å². The predicted molar refractivity (Wildman–Crippen MR) is 143 cm³/mol. The average molecular weight is 532 g/mol. The average Bonchev–Trinajstić information content (AvgIpc) is 2.91. The Kier molecular flexibility index (Phi) is 15.8. The molecule has 1 aromatic rings. The van der Waals surface area contributed by atoms with Crippen molar-refractivity contribution in [1.82, 2.24) is 16.0 Å². The van der Waals surface area contributed by atoms with Gasteiger partial charge >= 0.3 is 11.9 Å². The smallest absolute Gasteiger partial charge is 0.328 e. The molecule has 0 saturated heterocycles. The SMILES string of the molecule is C=CC[C@H](NC(=O)CC[C@@H](NC(=O)CCCCCC)C(=O)OCc1ccccc1)C(=O)N[C@H](C)C(=O)OC. The Morgan fingerprint density at radius 3 is 2.18 bits per heavy atom. The van der Waals surface area contributed by atoms with Crippen LogP contribution in [-0.4, -0.2) is 54.9 Å². The number of benzene rings is 1. The standard InChI is InChI=1S/C28H41N3O7/c1-5-7-8-12-16-24(32)31-23(28(36)38-19-21-14-10-9-11-15-21)17-18-25(33)30-22(13-6-2)26(34)29-20(3)27(35)37-4/h6,9-11,14-15,20,22-23H,2,5,7-8,12-13,16-19H2,1,3-4H3,(H,29,34)(H,30,33)(H,31,32)/t20-,22+,23-/m1/s1. The first kappa shape index (κ1) is 32.3. The lowest BCUT2D eigenvalue weighted by atomic mass is 10.1. The molecule has 210 valence electrons. The number of rotatable bonds is 18. The van der Waals surface area contributed by atoms with Crippen molar-refractivity contribution < 1.29 is 33.4 Å². The highest BCUT2D eigenvalue weighted by Gasteiger charge is 2.26. The molecule has 3 N–H and O–H groups in total. The number of carbonyl (C=O) groups is 5. The number of methoxy groups -OCH3 is 1. The Labute approximate surface area is 224 Å². The summed E-state index contributed by atoms with van der Waals surface area (Å²) in [5.41, 5.74) is 0.794. The van der Waals surface area contributed by atoms with Gasteiger partial charge < -0.3 is 25.4 Å². The Bertz CT molecular complexity index is 920. The van der Waals surface area contributed by atoms with Crippen molar-refractivity contribution in [3.8, 4) is 0 Å². The molecule has 0 aliphatic heterocycles. The lowest BCUT2D eigenvalue weighted by Gasteiger charge is -2.21. The zero-order valence-electron chi connectivity index (χ0n) is 22.6. The van der Waals surface area contributed by atoms with E-state index in [0.717, 1.165) is 24.8 Å². The normalized spacial score (nSPS) is 12.8. The van der Waals surface area contributed by atoms with E-state index < -0.39 is 41.9 Å². The third-order valence-corrected chi connectivity index (χ3v) is 5.73. The van der Waals surface area contributed by atoms with Crippen LogP contribution in [0.3, 0.4) is 0 Å². The summed E-state index contributed by atoms with van der Waals surface area (Å²) in [6, 6.07) is 6.24. The molecule has 1 rings (SSSR count). The minimum absolute atomic E-state index is 0.0127. The summed E-state index contributed by atoms with van der Waals surface area (Å²) in [6.45, 7) is 7.18. The van der Waals surface area contributed by atoms with E-state index in [9.17, 15) is 24.0 Å². The van der Waals surface area contributed by atoms with Gasteiger partial charge in [0, 0.05) is 12.8 Å². The molecule has 0 aromatic heterocycles. The molecule has 3 amide bonds. The second-order valence-electron chi connectivity index (χ2n) is 8.96. The summed E-state index contributed by atoms with van der Waals surface area (Å²) in [6.07, 6.45) is 5.39. The monoisotopic (exact) mass is 531 g/mol. The lowest BCUT2D eigenvalue weighted by molar-refractivity contribution is -0.149. The fourth-order valence-corrected chi connectivity index (χ4v) is 3.55. The summed E-state index contributed by atoms with van der Waals surface area (Å²) in [7, 11) is 1.21. The van der Waals surface area contributed by atoms with Crippen LogP contribution in [0.5, 0.6) is 0 Å². The van der Waals surface area contributed by atoms with Gasteiger partial charge in [-0.1, -0.05) is 62.6 Å². The van der Waals surface area contributed by atoms with E-state index in [1.54, 1.807) is 0 Å².